The first-order valence-corrected chi connectivity index (χ1v) is 7.73. The van der Waals surface area contributed by atoms with E-state index in [1.807, 2.05) is 0 Å². The van der Waals surface area contributed by atoms with Crippen molar-refractivity contribution in [2.45, 2.75) is 52.5 Å². The zero-order valence-corrected chi connectivity index (χ0v) is 12.8. The number of nitrogens with one attached hydrogen (secondary N) is 1. The molecule has 1 aliphatic heterocycles. The molecule has 1 atom stereocenters. The van der Waals surface area contributed by atoms with Crippen LogP contribution in [-0.4, -0.2) is 49.7 Å². The highest BCUT2D eigenvalue weighted by atomic mass is 16.5. The zero-order valence-electron chi connectivity index (χ0n) is 12.8. The monoisotopic (exact) mass is 270 g/mol. The lowest BCUT2D eigenvalue weighted by atomic mass is 10.1. The summed E-state index contributed by atoms with van der Waals surface area (Å²) >= 11 is 0. The highest BCUT2D eigenvalue weighted by Gasteiger charge is 2.20. The second-order valence-corrected chi connectivity index (χ2v) is 5.96. The number of nitrogens with zero attached hydrogens (tertiary/aromatic N) is 1. The van der Waals surface area contributed by atoms with Gasteiger partial charge in [0.2, 0.25) is 0 Å². The van der Waals surface area contributed by atoms with Gasteiger partial charge in [-0.05, 0) is 31.7 Å². The van der Waals surface area contributed by atoms with E-state index < -0.39 is 0 Å². The smallest absolute Gasteiger partial charge is 0.320 e. The highest BCUT2D eigenvalue weighted by Crippen LogP contribution is 2.09. The molecule has 1 heterocycles. The lowest BCUT2D eigenvalue weighted by molar-refractivity contribution is -0.145. The lowest BCUT2D eigenvalue weighted by Gasteiger charge is -2.26. The van der Waals surface area contributed by atoms with Crippen molar-refractivity contribution in [3.8, 4) is 0 Å². The van der Waals surface area contributed by atoms with Crippen molar-refractivity contribution in [1.29, 1.82) is 0 Å². The molecule has 1 aliphatic rings. The maximum absolute atomic E-state index is 11.8. The summed E-state index contributed by atoms with van der Waals surface area (Å²) in [5, 5.41) is 3.49. The van der Waals surface area contributed by atoms with E-state index in [-0.39, 0.29) is 5.97 Å². The molecule has 1 unspecified atom stereocenters. The summed E-state index contributed by atoms with van der Waals surface area (Å²) in [5.41, 5.74) is 0. The number of hydrogen-bond acceptors (Lipinski definition) is 4. The van der Waals surface area contributed by atoms with Crippen LogP contribution < -0.4 is 5.32 Å². The molecule has 4 heteroatoms. The van der Waals surface area contributed by atoms with Crippen LogP contribution in [0.1, 0.15) is 46.5 Å². The molecular formula is C15H30N2O2. The van der Waals surface area contributed by atoms with Crippen LogP contribution >= 0.6 is 0 Å². The predicted octanol–water partition coefficient (Wildman–Crippen LogP) is 2.04. The Bertz CT molecular complexity index is 251. The Morgan fingerprint density at radius 2 is 2.26 bits per heavy atom. The molecule has 4 nitrogen and oxygen atoms in total. The predicted molar refractivity (Wildman–Crippen MR) is 78.2 cm³/mol. The maximum Gasteiger partial charge on any atom is 0.320 e. The van der Waals surface area contributed by atoms with Crippen molar-refractivity contribution in [2.75, 3.05) is 32.8 Å². The lowest BCUT2D eigenvalue weighted by Crippen LogP contribution is -2.42. The minimum absolute atomic E-state index is 0.0768. The quantitative estimate of drug-likeness (QED) is 0.514. The summed E-state index contributed by atoms with van der Waals surface area (Å²) in [4.78, 5) is 14.0. The first-order chi connectivity index (χ1) is 9.11. The molecule has 1 fully saturated rings. The summed E-state index contributed by atoms with van der Waals surface area (Å²) in [5.74, 6) is 0.497. The van der Waals surface area contributed by atoms with Gasteiger partial charge in [-0.25, -0.2) is 0 Å². The number of ether oxygens (including phenoxy) is 1. The average Bonchev–Trinajstić information content (AvgIpc) is 2.81. The molecule has 0 bridgehead atoms. The van der Waals surface area contributed by atoms with Crippen LogP contribution in [0.15, 0.2) is 0 Å². The van der Waals surface area contributed by atoms with Crippen LogP contribution in [0.2, 0.25) is 0 Å². The van der Waals surface area contributed by atoms with Crippen LogP contribution in [0.4, 0.5) is 0 Å². The van der Waals surface area contributed by atoms with Crippen molar-refractivity contribution in [3.05, 3.63) is 0 Å². The minimum Gasteiger partial charge on any atom is -0.465 e. The van der Waals surface area contributed by atoms with E-state index in [1.165, 1.54) is 12.8 Å². The van der Waals surface area contributed by atoms with Crippen LogP contribution in [-0.2, 0) is 9.53 Å². The Hall–Kier alpha value is -0.610. The zero-order chi connectivity index (χ0) is 14.1. The van der Waals surface area contributed by atoms with Crippen LogP contribution in [0.5, 0.6) is 0 Å². The molecule has 1 saturated heterocycles. The molecule has 0 aromatic rings. The van der Waals surface area contributed by atoms with E-state index in [0.29, 0.717) is 25.1 Å². The van der Waals surface area contributed by atoms with Gasteiger partial charge in [-0.3, -0.25) is 9.69 Å². The second kappa shape index (κ2) is 9.32. The van der Waals surface area contributed by atoms with Gasteiger partial charge < -0.3 is 10.1 Å². The number of unbranched alkanes of at least 4 members (excludes halogenated alkanes) is 1. The average molecular weight is 270 g/mol. The minimum atomic E-state index is -0.0768. The molecule has 1 N–H and O–H groups in total. The van der Waals surface area contributed by atoms with E-state index in [1.54, 1.807) is 0 Å². The number of carbonyl (C=O) groups excluding carboxylic acids is 1. The van der Waals surface area contributed by atoms with Crippen molar-refractivity contribution in [2.24, 2.45) is 5.92 Å². The summed E-state index contributed by atoms with van der Waals surface area (Å²) in [6, 6.07) is 0.544. The Morgan fingerprint density at radius 1 is 1.47 bits per heavy atom. The van der Waals surface area contributed by atoms with E-state index >= 15 is 0 Å². The van der Waals surface area contributed by atoms with Gasteiger partial charge in [0.05, 0.1) is 13.2 Å². The molecule has 0 aromatic heterocycles. The topological polar surface area (TPSA) is 41.6 Å². The van der Waals surface area contributed by atoms with Crippen LogP contribution in [0, 0.1) is 5.92 Å². The van der Waals surface area contributed by atoms with Gasteiger partial charge in [0.1, 0.15) is 0 Å². The third kappa shape index (κ3) is 7.53. The van der Waals surface area contributed by atoms with E-state index in [9.17, 15) is 4.79 Å². The summed E-state index contributed by atoms with van der Waals surface area (Å²) < 4.78 is 5.26. The summed E-state index contributed by atoms with van der Waals surface area (Å²) in [6.07, 6.45) is 4.50. The molecule has 0 saturated carbocycles. The molecule has 0 aliphatic carbocycles. The van der Waals surface area contributed by atoms with Crippen molar-refractivity contribution in [1.82, 2.24) is 10.2 Å². The van der Waals surface area contributed by atoms with Crippen molar-refractivity contribution < 1.29 is 9.53 Å². The molecule has 112 valence electrons. The largest absolute Gasteiger partial charge is 0.465 e. The Labute approximate surface area is 117 Å². The van der Waals surface area contributed by atoms with Crippen molar-refractivity contribution in [3.63, 3.8) is 0 Å². The third-order valence-electron chi connectivity index (χ3n) is 3.38. The number of hydrogen-bond donors (Lipinski definition) is 1. The molecule has 0 spiro atoms. The van der Waals surface area contributed by atoms with Gasteiger partial charge in [0.25, 0.3) is 0 Å². The Kier molecular flexibility index (Phi) is 8.07. The van der Waals surface area contributed by atoms with Gasteiger partial charge in [-0.1, -0.05) is 27.2 Å². The number of carbonyl (C=O) groups is 1. The van der Waals surface area contributed by atoms with E-state index in [4.69, 9.17) is 4.74 Å². The van der Waals surface area contributed by atoms with Gasteiger partial charge in [0.15, 0.2) is 0 Å². The Morgan fingerprint density at radius 3 is 2.84 bits per heavy atom. The fourth-order valence-corrected chi connectivity index (χ4v) is 2.50. The molecular weight excluding hydrogens is 240 g/mol. The summed E-state index contributed by atoms with van der Waals surface area (Å²) in [7, 11) is 0. The molecule has 1 rings (SSSR count). The van der Waals surface area contributed by atoms with Crippen LogP contribution in [0.25, 0.3) is 0 Å². The standard InChI is InChI=1S/C15H30N2O2/c1-4-5-9-19-15(18)12-17(10-13(2)3)11-14-7-6-8-16-14/h13-14,16H,4-12H2,1-3H3. The number of rotatable bonds is 9. The SMILES string of the molecule is CCCCOC(=O)CN(CC(C)C)CC1CCCN1. The van der Waals surface area contributed by atoms with Gasteiger partial charge in [-0.15, -0.1) is 0 Å². The van der Waals surface area contributed by atoms with Crippen LogP contribution in [0.3, 0.4) is 0 Å². The summed E-state index contributed by atoms with van der Waals surface area (Å²) in [6.45, 7) is 10.5. The molecule has 0 aromatic carbocycles. The molecule has 19 heavy (non-hydrogen) atoms. The normalized spacial score (nSPS) is 19.3. The van der Waals surface area contributed by atoms with Gasteiger partial charge in [-0.2, -0.15) is 0 Å². The second-order valence-electron chi connectivity index (χ2n) is 5.96. The fraction of sp³-hybridized carbons (Fsp3) is 0.933. The van der Waals surface area contributed by atoms with Crippen molar-refractivity contribution >= 4 is 5.97 Å². The fourth-order valence-electron chi connectivity index (χ4n) is 2.50. The Balaban J connectivity index is 2.32. The van der Waals surface area contributed by atoms with Gasteiger partial charge >= 0.3 is 5.97 Å². The van der Waals surface area contributed by atoms with E-state index in [0.717, 1.165) is 32.5 Å². The first-order valence-electron chi connectivity index (χ1n) is 7.73. The van der Waals surface area contributed by atoms with E-state index in [2.05, 4.69) is 31.0 Å². The first kappa shape index (κ1) is 16.4. The number of esters is 1. The maximum atomic E-state index is 11.8. The van der Waals surface area contributed by atoms with Gasteiger partial charge in [0, 0.05) is 19.1 Å². The third-order valence-corrected chi connectivity index (χ3v) is 3.38. The molecule has 0 radical (unpaired) electrons. The highest BCUT2D eigenvalue weighted by molar-refractivity contribution is 5.71. The molecule has 0 amide bonds.